The fourth-order valence-electron chi connectivity index (χ4n) is 1.75. The van der Waals surface area contributed by atoms with Gasteiger partial charge in [0.05, 0.1) is 0 Å². The van der Waals surface area contributed by atoms with Crippen LogP contribution in [0.2, 0.25) is 0 Å². The fourth-order valence-corrected chi connectivity index (χ4v) is 1.75. The minimum Gasteiger partial charge on any atom is -0.314 e. The average Bonchev–Trinajstić information content (AvgIpc) is 1.86. The molecular weight excluding hydrogens is 134 g/mol. The van der Waals surface area contributed by atoms with Gasteiger partial charge in [-0.05, 0) is 24.7 Å². The van der Waals surface area contributed by atoms with Crippen LogP contribution in [0.4, 0.5) is 0 Å². The maximum atomic E-state index is 3.54. The second-order valence-corrected chi connectivity index (χ2v) is 4.24. The number of hydrogen-bond donors (Lipinski definition) is 1. The summed E-state index contributed by atoms with van der Waals surface area (Å²) in [5, 5.41) is 3.54. The summed E-state index contributed by atoms with van der Waals surface area (Å²) in [5.74, 6) is 0. The van der Waals surface area contributed by atoms with Crippen LogP contribution >= 0.6 is 0 Å². The quantitative estimate of drug-likeness (QED) is 0.658. The van der Waals surface area contributed by atoms with Crippen molar-refractivity contribution in [3.05, 3.63) is 0 Å². The Kier molecular flexibility index (Phi) is 2.94. The van der Waals surface area contributed by atoms with Crippen LogP contribution in [0.3, 0.4) is 0 Å². The van der Waals surface area contributed by atoms with Gasteiger partial charge in [-0.25, -0.2) is 0 Å². The van der Waals surface area contributed by atoms with Crippen molar-refractivity contribution >= 4 is 0 Å². The second kappa shape index (κ2) is 3.57. The Bertz CT molecular complexity index is 109. The van der Waals surface area contributed by atoms with E-state index in [0.717, 1.165) is 0 Å². The standard InChI is InChI=1S/C10H21N/c1-4-10(6-5-7-10)8-11-9(2)3/h9,11H,4-8H2,1-3H3. The van der Waals surface area contributed by atoms with Gasteiger partial charge in [0.25, 0.3) is 0 Å². The van der Waals surface area contributed by atoms with E-state index in [9.17, 15) is 0 Å². The van der Waals surface area contributed by atoms with E-state index in [1.54, 1.807) is 0 Å². The summed E-state index contributed by atoms with van der Waals surface area (Å²) >= 11 is 0. The topological polar surface area (TPSA) is 12.0 Å². The normalized spacial score (nSPS) is 21.8. The molecule has 0 saturated heterocycles. The van der Waals surface area contributed by atoms with E-state index in [4.69, 9.17) is 0 Å². The first-order valence-corrected chi connectivity index (χ1v) is 4.92. The molecule has 0 spiro atoms. The third kappa shape index (κ3) is 2.19. The average molecular weight is 155 g/mol. The maximum Gasteiger partial charge on any atom is 0.00106 e. The van der Waals surface area contributed by atoms with Crippen molar-refractivity contribution in [1.82, 2.24) is 5.32 Å². The lowest BCUT2D eigenvalue weighted by atomic mass is 9.67. The van der Waals surface area contributed by atoms with Crippen molar-refractivity contribution in [2.75, 3.05) is 6.54 Å². The number of rotatable bonds is 4. The van der Waals surface area contributed by atoms with Crippen LogP contribution in [0.5, 0.6) is 0 Å². The van der Waals surface area contributed by atoms with Gasteiger partial charge in [-0.2, -0.15) is 0 Å². The summed E-state index contributed by atoms with van der Waals surface area (Å²) in [6.45, 7) is 8.01. The molecular formula is C10H21N. The molecule has 1 aliphatic rings. The minimum atomic E-state index is 0.652. The van der Waals surface area contributed by atoms with Crippen LogP contribution in [0.1, 0.15) is 46.5 Å². The number of nitrogens with one attached hydrogen (secondary N) is 1. The summed E-state index contributed by atoms with van der Waals surface area (Å²) in [6.07, 6.45) is 5.70. The molecule has 0 aromatic heterocycles. The molecule has 0 aromatic carbocycles. The van der Waals surface area contributed by atoms with Gasteiger partial charge in [-0.3, -0.25) is 0 Å². The Balaban J connectivity index is 2.22. The van der Waals surface area contributed by atoms with Gasteiger partial charge in [-0.15, -0.1) is 0 Å². The predicted molar refractivity (Wildman–Crippen MR) is 49.7 cm³/mol. The van der Waals surface area contributed by atoms with Crippen molar-refractivity contribution in [1.29, 1.82) is 0 Å². The second-order valence-electron chi connectivity index (χ2n) is 4.24. The van der Waals surface area contributed by atoms with Crippen molar-refractivity contribution in [3.8, 4) is 0 Å². The summed E-state index contributed by atoms with van der Waals surface area (Å²) < 4.78 is 0. The van der Waals surface area contributed by atoms with Crippen LogP contribution < -0.4 is 5.32 Å². The summed E-state index contributed by atoms with van der Waals surface area (Å²) in [7, 11) is 0. The highest BCUT2D eigenvalue weighted by Gasteiger charge is 2.34. The molecule has 11 heavy (non-hydrogen) atoms. The number of hydrogen-bond acceptors (Lipinski definition) is 1. The van der Waals surface area contributed by atoms with Gasteiger partial charge in [-0.1, -0.05) is 27.2 Å². The van der Waals surface area contributed by atoms with Crippen LogP contribution in [0.25, 0.3) is 0 Å². The fraction of sp³-hybridized carbons (Fsp3) is 1.00. The minimum absolute atomic E-state index is 0.652. The van der Waals surface area contributed by atoms with Gasteiger partial charge in [0.2, 0.25) is 0 Å². The molecule has 1 fully saturated rings. The highest BCUT2D eigenvalue weighted by Crippen LogP contribution is 2.43. The highest BCUT2D eigenvalue weighted by molar-refractivity contribution is 4.88. The zero-order valence-corrected chi connectivity index (χ0v) is 8.11. The smallest absolute Gasteiger partial charge is 0.00106 e. The van der Waals surface area contributed by atoms with Gasteiger partial charge in [0, 0.05) is 12.6 Å². The molecule has 0 atom stereocenters. The molecule has 1 N–H and O–H groups in total. The lowest BCUT2D eigenvalue weighted by Crippen LogP contribution is -2.41. The van der Waals surface area contributed by atoms with Crippen LogP contribution in [-0.4, -0.2) is 12.6 Å². The van der Waals surface area contributed by atoms with E-state index in [1.807, 2.05) is 0 Å². The zero-order valence-electron chi connectivity index (χ0n) is 8.11. The lowest BCUT2D eigenvalue weighted by molar-refractivity contribution is 0.121. The Hall–Kier alpha value is -0.0400. The Morgan fingerprint density at radius 1 is 1.36 bits per heavy atom. The lowest BCUT2D eigenvalue weighted by Gasteiger charge is -2.42. The Labute approximate surface area is 70.6 Å². The summed E-state index contributed by atoms with van der Waals surface area (Å²) in [4.78, 5) is 0. The van der Waals surface area contributed by atoms with Crippen molar-refractivity contribution < 1.29 is 0 Å². The van der Waals surface area contributed by atoms with E-state index in [0.29, 0.717) is 11.5 Å². The SMILES string of the molecule is CCC1(CNC(C)C)CCC1. The molecule has 1 nitrogen and oxygen atoms in total. The first kappa shape index (κ1) is 9.05. The van der Waals surface area contributed by atoms with Gasteiger partial charge in [0.1, 0.15) is 0 Å². The Morgan fingerprint density at radius 3 is 2.27 bits per heavy atom. The largest absolute Gasteiger partial charge is 0.314 e. The maximum absolute atomic E-state index is 3.54. The molecule has 1 aliphatic carbocycles. The van der Waals surface area contributed by atoms with Crippen LogP contribution in [0.15, 0.2) is 0 Å². The third-order valence-electron chi connectivity index (χ3n) is 3.05. The molecule has 0 unspecified atom stereocenters. The van der Waals surface area contributed by atoms with E-state index < -0.39 is 0 Å². The molecule has 66 valence electrons. The third-order valence-corrected chi connectivity index (χ3v) is 3.05. The Morgan fingerprint density at radius 2 is 2.00 bits per heavy atom. The molecule has 0 heterocycles. The molecule has 0 radical (unpaired) electrons. The van der Waals surface area contributed by atoms with E-state index in [2.05, 4.69) is 26.1 Å². The van der Waals surface area contributed by atoms with Crippen LogP contribution in [-0.2, 0) is 0 Å². The summed E-state index contributed by atoms with van der Waals surface area (Å²) in [5.41, 5.74) is 0.685. The molecule has 1 heteroatoms. The van der Waals surface area contributed by atoms with E-state index >= 15 is 0 Å². The van der Waals surface area contributed by atoms with E-state index in [1.165, 1.54) is 32.2 Å². The molecule has 1 rings (SSSR count). The highest BCUT2D eigenvalue weighted by atomic mass is 14.9. The van der Waals surface area contributed by atoms with Crippen molar-refractivity contribution in [2.24, 2.45) is 5.41 Å². The van der Waals surface area contributed by atoms with Gasteiger partial charge in [0.15, 0.2) is 0 Å². The molecule has 0 amide bonds. The predicted octanol–water partition coefficient (Wildman–Crippen LogP) is 2.56. The monoisotopic (exact) mass is 155 g/mol. The van der Waals surface area contributed by atoms with Crippen LogP contribution in [0, 0.1) is 5.41 Å². The van der Waals surface area contributed by atoms with E-state index in [-0.39, 0.29) is 0 Å². The van der Waals surface area contributed by atoms with Gasteiger partial charge < -0.3 is 5.32 Å². The summed E-state index contributed by atoms with van der Waals surface area (Å²) in [6, 6.07) is 0.652. The molecule has 0 bridgehead atoms. The first-order chi connectivity index (χ1) is 5.18. The first-order valence-electron chi connectivity index (χ1n) is 4.92. The van der Waals surface area contributed by atoms with Crippen molar-refractivity contribution in [3.63, 3.8) is 0 Å². The van der Waals surface area contributed by atoms with Crippen molar-refractivity contribution in [2.45, 2.75) is 52.5 Å². The van der Waals surface area contributed by atoms with Gasteiger partial charge >= 0.3 is 0 Å². The molecule has 0 aliphatic heterocycles. The molecule has 0 aromatic rings. The molecule has 1 saturated carbocycles. The zero-order chi connectivity index (χ0) is 8.32.